The van der Waals surface area contributed by atoms with Gasteiger partial charge in [0.15, 0.2) is 0 Å². The van der Waals surface area contributed by atoms with Gasteiger partial charge in [-0.15, -0.1) is 0 Å². The molecule has 1 fully saturated rings. The number of ether oxygens (including phenoxy) is 3. The van der Waals surface area contributed by atoms with Gasteiger partial charge in [-0.05, 0) is 85.5 Å². The van der Waals surface area contributed by atoms with Gasteiger partial charge in [0.1, 0.15) is 24.0 Å². The van der Waals surface area contributed by atoms with Gasteiger partial charge < -0.3 is 19.5 Å². The SMILES string of the molecule is CC(C)(C)OC(=O)[C@H](Cc1cc(Cl)ccc1OCC1CC1)NC(=O)OCC1c2ccccc2-c2ccccc21. The molecule has 0 radical (unpaired) electrons. The van der Waals surface area contributed by atoms with E-state index < -0.39 is 23.7 Å². The highest BCUT2D eigenvalue weighted by atomic mass is 35.5. The van der Waals surface area contributed by atoms with E-state index in [9.17, 15) is 9.59 Å². The average molecular weight is 548 g/mol. The molecule has 2 aliphatic carbocycles. The van der Waals surface area contributed by atoms with E-state index in [0.717, 1.165) is 40.7 Å². The standard InChI is InChI=1S/C32H34ClNO5/c1-32(2,3)39-30(35)28(17-21-16-22(33)14-15-29(21)37-18-20-12-13-20)34-31(36)38-19-27-25-10-6-4-8-23(25)24-9-5-7-11-26(24)27/h4-11,14-16,20,27-28H,12-13,17-19H2,1-3H3,(H,34,36)/t28-/m0/s1. The Kier molecular flexibility index (Phi) is 7.85. The Morgan fingerprint density at radius 1 is 0.949 bits per heavy atom. The number of fused-ring (bicyclic) bond motifs is 3. The molecule has 3 aromatic rings. The molecule has 5 rings (SSSR count). The molecule has 1 amide bonds. The number of esters is 1. The van der Waals surface area contributed by atoms with Crippen molar-refractivity contribution in [2.24, 2.45) is 5.92 Å². The number of carbonyl (C=O) groups excluding carboxylic acids is 2. The van der Waals surface area contributed by atoms with Crippen LogP contribution in [0.3, 0.4) is 0 Å². The molecule has 2 aliphatic rings. The second-order valence-electron chi connectivity index (χ2n) is 11.3. The Morgan fingerprint density at radius 3 is 2.21 bits per heavy atom. The Morgan fingerprint density at radius 2 is 1.59 bits per heavy atom. The number of alkyl carbamates (subject to hydrolysis) is 1. The maximum atomic E-state index is 13.2. The van der Waals surface area contributed by atoms with Crippen molar-refractivity contribution in [1.29, 1.82) is 0 Å². The van der Waals surface area contributed by atoms with E-state index in [4.69, 9.17) is 25.8 Å². The van der Waals surface area contributed by atoms with Crippen LogP contribution in [0.2, 0.25) is 5.02 Å². The van der Waals surface area contributed by atoms with Crippen LogP contribution in [0.15, 0.2) is 66.7 Å². The molecule has 39 heavy (non-hydrogen) atoms. The van der Waals surface area contributed by atoms with E-state index in [0.29, 0.717) is 23.3 Å². The van der Waals surface area contributed by atoms with Gasteiger partial charge in [-0.25, -0.2) is 9.59 Å². The first-order valence-corrected chi connectivity index (χ1v) is 13.8. The van der Waals surface area contributed by atoms with Crippen molar-refractivity contribution >= 4 is 23.7 Å². The third-order valence-corrected chi connectivity index (χ3v) is 7.18. The summed E-state index contributed by atoms with van der Waals surface area (Å²) >= 11 is 6.29. The number of hydrogen-bond acceptors (Lipinski definition) is 5. The zero-order valence-corrected chi connectivity index (χ0v) is 23.3. The first-order chi connectivity index (χ1) is 18.7. The van der Waals surface area contributed by atoms with E-state index in [1.807, 2.05) is 24.3 Å². The minimum Gasteiger partial charge on any atom is -0.493 e. The Labute approximate surface area is 234 Å². The summed E-state index contributed by atoms with van der Waals surface area (Å²) < 4.78 is 17.4. The molecule has 1 atom stereocenters. The molecule has 0 aromatic heterocycles. The number of carbonyl (C=O) groups is 2. The Hall–Kier alpha value is -3.51. The van der Waals surface area contributed by atoms with E-state index >= 15 is 0 Å². The van der Waals surface area contributed by atoms with Crippen LogP contribution in [0.1, 0.15) is 56.2 Å². The Balaban J connectivity index is 1.31. The van der Waals surface area contributed by atoms with Crippen LogP contribution in [-0.2, 0) is 20.7 Å². The van der Waals surface area contributed by atoms with Crippen LogP contribution in [-0.4, -0.2) is 36.9 Å². The highest BCUT2D eigenvalue weighted by Gasteiger charge is 2.32. The van der Waals surface area contributed by atoms with Crippen LogP contribution in [0.25, 0.3) is 11.1 Å². The van der Waals surface area contributed by atoms with Gasteiger partial charge in [-0.1, -0.05) is 60.1 Å². The van der Waals surface area contributed by atoms with Gasteiger partial charge in [0.2, 0.25) is 0 Å². The molecule has 0 unspecified atom stereocenters. The number of amides is 1. The van der Waals surface area contributed by atoms with Gasteiger partial charge in [0.05, 0.1) is 6.61 Å². The minimum absolute atomic E-state index is 0.0847. The molecule has 0 bridgehead atoms. The van der Waals surface area contributed by atoms with Crippen molar-refractivity contribution in [3.63, 3.8) is 0 Å². The molecule has 6 nitrogen and oxygen atoms in total. The molecular weight excluding hydrogens is 514 g/mol. The molecule has 204 valence electrons. The van der Waals surface area contributed by atoms with Gasteiger partial charge in [0, 0.05) is 17.4 Å². The summed E-state index contributed by atoms with van der Waals surface area (Å²) in [6.45, 7) is 6.13. The summed E-state index contributed by atoms with van der Waals surface area (Å²) in [4.78, 5) is 26.3. The average Bonchev–Trinajstić information content (AvgIpc) is 3.67. The molecule has 0 aliphatic heterocycles. The second kappa shape index (κ2) is 11.3. The van der Waals surface area contributed by atoms with Crippen molar-refractivity contribution in [2.45, 2.75) is 57.6 Å². The van der Waals surface area contributed by atoms with E-state index in [1.54, 1.807) is 39.0 Å². The number of hydrogen-bond donors (Lipinski definition) is 1. The monoisotopic (exact) mass is 547 g/mol. The molecule has 1 saturated carbocycles. The normalized spacial score (nSPS) is 15.2. The van der Waals surface area contributed by atoms with Gasteiger partial charge in [-0.3, -0.25) is 0 Å². The lowest BCUT2D eigenvalue weighted by Crippen LogP contribution is -2.46. The largest absolute Gasteiger partial charge is 0.493 e. The minimum atomic E-state index is -0.985. The summed E-state index contributed by atoms with van der Waals surface area (Å²) in [5.74, 6) is 0.575. The fourth-order valence-corrected chi connectivity index (χ4v) is 5.10. The third-order valence-electron chi connectivity index (χ3n) is 6.95. The fourth-order valence-electron chi connectivity index (χ4n) is 4.91. The third kappa shape index (κ3) is 6.74. The molecule has 0 heterocycles. The number of nitrogens with one attached hydrogen (secondary N) is 1. The lowest BCUT2D eigenvalue weighted by Gasteiger charge is -2.25. The molecule has 0 spiro atoms. The lowest BCUT2D eigenvalue weighted by molar-refractivity contribution is -0.157. The summed E-state index contributed by atoms with van der Waals surface area (Å²) in [7, 11) is 0. The molecule has 0 saturated heterocycles. The quantitative estimate of drug-likeness (QED) is 0.294. The fraction of sp³-hybridized carbons (Fsp3) is 0.375. The summed E-state index contributed by atoms with van der Waals surface area (Å²) in [5.41, 5.74) is 4.52. The molecule has 3 aromatic carbocycles. The van der Waals surface area contributed by atoms with Crippen molar-refractivity contribution in [1.82, 2.24) is 5.32 Å². The predicted molar refractivity (Wildman–Crippen MR) is 151 cm³/mol. The van der Waals surface area contributed by atoms with Crippen molar-refractivity contribution in [3.05, 3.63) is 88.4 Å². The van der Waals surface area contributed by atoms with E-state index in [1.165, 1.54) is 0 Å². The van der Waals surface area contributed by atoms with Crippen molar-refractivity contribution in [3.8, 4) is 16.9 Å². The highest BCUT2D eigenvalue weighted by Crippen LogP contribution is 2.44. The molecule has 7 heteroatoms. The van der Waals surface area contributed by atoms with Crippen LogP contribution >= 0.6 is 11.6 Å². The van der Waals surface area contributed by atoms with Gasteiger partial charge >= 0.3 is 12.1 Å². The predicted octanol–water partition coefficient (Wildman–Crippen LogP) is 6.92. The second-order valence-corrected chi connectivity index (χ2v) is 11.7. The van der Waals surface area contributed by atoms with Crippen LogP contribution < -0.4 is 10.1 Å². The summed E-state index contributed by atoms with van der Waals surface area (Å²) in [6, 6.07) is 20.6. The molecule has 1 N–H and O–H groups in total. The first kappa shape index (κ1) is 27.1. The maximum Gasteiger partial charge on any atom is 0.407 e. The van der Waals surface area contributed by atoms with Crippen molar-refractivity contribution in [2.75, 3.05) is 13.2 Å². The number of halogens is 1. The summed E-state index contributed by atoms with van der Waals surface area (Å²) in [6.07, 6.45) is 1.79. The van der Waals surface area contributed by atoms with Gasteiger partial charge in [-0.2, -0.15) is 0 Å². The number of benzene rings is 3. The lowest BCUT2D eigenvalue weighted by atomic mass is 9.98. The smallest absolute Gasteiger partial charge is 0.407 e. The number of rotatable bonds is 9. The topological polar surface area (TPSA) is 73.9 Å². The molecular formula is C32H34ClNO5. The van der Waals surface area contributed by atoms with Crippen LogP contribution in [0, 0.1) is 5.92 Å². The zero-order valence-electron chi connectivity index (χ0n) is 22.5. The van der Waals surface area contributed by atoms with E-state index in [-0.39, 0.29) is 18.9 Å². The highest BCUT2D eigenvalue weighted by molar-refractivity contribution is 6.30. The summed E-state index contributed by atoms with van der Waals surface area (Å²) in [5, 5.41) is 3.27. The maximum absolute atomic E-state index is 13.2. The van der Waals surface area contributed by atoms with E-state index in [2.05, 4.69) is 29.6 Å². The van der Waals surface area contributed by atoms with Crippen LogP contribution in [0.5, 0.6) is 5.75 Å². The zero-order chi connectivity index (χ0) is 27.6. The van der Waals surface area contributed by atoms with Gasteiger partial charge in [0.25, 0.3) is 0 Å². The Bertz CT molecular complexity index is 1320. The first-order valence-electron chi connectivity index (χ1n) is 13.4. The van der Waals surface area contributed by atoms with Crippen LogP contribution in [0.4, 0.5) is 4.79 Å². The van der Waals surface area contributed by atoms with Crippen molar-refractivity contribution < 1.29 is 23.8 Å².